The molecule has 4 aromatic rings. The molecular weight excluding hydrogens is 512 g/mol. The maximum Gasteiger partial charge on any atom is 0.265 e. The normalized spacial score (nSPS) is 13.8. The highest BCUT2D eigenvalue weighted by Gasteiger charge is 2.39. The molecule has 1 aliphatic heterocycles. The van der Waals surface area contributed by atoms with E-state index < -0.39 is 22.5 Å². The number of rotatable bonds is 6. The lowest BCUT2D eigenvalue weighted by Gasteiger charge is -2.29. The van der Waals surface area contributed by atoms with Gasteiger partial charge < -0.3 is 4.90 Å². The molecule has 0 saturated carbocycles. The van der Waals surface area contributed by atoms with Crippen molar-refractivity contribution in [3.8, 4) is 22.5 Å². The number of hydrazone groups is 1. The quantitative estimate of drug-likeness (QED) is 0.285. The number of aromatic nitrogens is 2. The van der Waals surface area contributed by atoms with Crippen LogP contribution >= 0.6 is 11.6 Å². The summed E-state index contributed by atoms with van der Waals surface area (Å²) in [5.41, 5.74) is 6.48. The van der Waals surface area contributed by atoms with Crippen LogP contribution in [0, 0.1) is 0 Å². The highest BCUT2D eigenvalue weighted by atomic mass is 35.5. The van der Waals surface area contributed by atoms with Crippen molar-refractivity contribution < 1.29 is 13.2 Å². The molecule has 2 heterocycles. The van der Waals surface area contributed by atoms with E-state index in [0.717, 1.165) is 15.6 Å². The van der Waals surface area contributed by atoms with Crippen molar-refractivity contribution in [2.24, 2.45) is 5.10 Å². The van der Waals surface area contributed by atoms with Gasteiger partial charge in [-0.05, 0) is 35.9 Å². The number of sulfonamides is 1. The topological polar surface area (TPSA) is 111 Å². The average Bonchev–Trinajstić information content (AvgIpc) is 3.32. The lowest BCUT2D eigenvalue weighted by Crippen LogP contribution is -2.41. The van der Waals surface area contributed by atoms with E-state index in [0.29, 0.717) is 27.5 Å². The zero-order valence-corrected chi connectivity index (χ0v) is 21.6. The Hall–Kier alpha value is -4.15. The van der Waals surface area contributed by atoms with Gasteiger partial charge in [0.15, 0.2) is 0 Å². The zero-order valence-electron chi connectivity index (χ0n) is 20.0. The lowest BCUT2D eigenvalue weighted by molar-refractivity contribution is -0.119. The van der Waals surface area contributed by atoms with Gasteiger partial charge in [-0.25, -0.2) is 13.8 Å². The molecule has 1 amide bonds. The predicted octanol–water partition coefficient (Wildman–Crippen LogP) is 4.12. The van der Waals surface area contributed by atoms with Crippen molar-refractivity contribution in [3.63, 3.8) is 0 Å². The van der Waals surface area contributed by atoms with Crippen LogP contribution in [0.3, 0.4) is 0 Å². The number of nitrogens with zero attached hydrogens (tertiary/aromatic N) is 4. The molecule has 0 unspecified atom stereocenters. The third-order valence-electron chi connectivity index (χ3n) is 5.91. The Morgan fingerprint density at radius 1 is 1.11 bits per heavy atom. The van der Waals surface area contributed by atoms with E-state index in [2.05, 4.69) is 20.7 Å². The van der Waals surface area contributed by atoms with E-state index in [4.69, 9.17) is 11.6 Å². The minimum Gasteiger partial charge on any atom is -0.378 e. The molecule has 1 aliphatic rings. The van der Waals surface area contributed by atoms with Gasteiger partial charge in [-0.3, -0.25) is 14.2 Å². The summed E-state index contributed by atoms with van der Waals surface area (Å²) in [6.45, 7) is -0.492. The molecule has 2 N–H and O–H groups in total. The summed E-state index contributed by atoms with van der Waals surface area (Å²) in [6, 6.07) is 21.1. The summed E-state index contributed by atoms with van der Waals surface area (Å²) in [5, 5.41) is 11.8. The number of fused-ring (bicyclic) bond motifs is 3. The lowest BCUT2D eigenvalue weighted by atomic mass is 10.1. The second-order valence-electron chi connectivity index (χ2n) is 8.59. The minimum absolute atomic E-state index is 0.0843. The molecule has 0 bridgehead atoms. The van der Waals surface area contributed by atoms with E-state index in [1.165, 1.54) is 12.3 Å². The van der Waals surface area contributed by atoms with Crippen LogP contribution < -0.4 is 14.6 Å². The molecule has 0 aliphatic carbocycles. The van der Waals surface area contributed by atoms with Crippen molar-refractivity contribution in [3.05, 3.63) is 83.4 Å². The van der Waals surface area contributed by atoms with Crippen molar-refractivity contribution in [1.29, 1.82) is 0 Å². The monoisotopic (exact) mass is 534 g/mol. The van der Waals surface area contributed by atoms with Crippen molar-refractivity contribution in [2.45, 2.75) is 4.90 Å². The second kappa shape index (κ2) is 9.72. The number of nitrogens with one attached hydrogen (secondary N) is 2. The Morgan fingerprint density at radius 3 is 2.59 bits per heavy atom. The molecule has 11 heteroatoms. The molecular formula is C26H23ClN6O3S. The highest BCUT2D eigenvalue weighted by Crippen LogP contribution is 2.46. The summed E-state index contributed by atoms with van der Waals surface area (Å²) in [4.78, 5) is 14.9. The molecule has 0 fully saturated rings. The van der Waals surface area contributed by atoms with Crippen molar-refractivity contribution in [1.82, 2.24) is 15.6 Å². The first kappa shape index (κ1) is 24.5. The summed E-state index contributed by atoms with van der Waals surface area (Å²) in [5.74, 6) is -0.603. The van der Waals surface area contributed by atoms with Crippen LogP contribution in [0.2, 0.25) is 5.02 Å². The third kappa shape index (κ3) is 4.68. The van der Waals surface area contributed by atoms with Gasteiger partial charge in [0.25, 0.3) is 15.9 Å². The van der Waals surface area contributed by atoms with Crippen LogP contribution in [0.1, 0.15) is 5.56 Å². The van der Waals surface area contributed by atoms with E-state index >= 15 is 0 Å². The Labute approximate surface area is 219 Å². The number of carbonyl (C=O) groups is 1. The Balaban J connectivity index is 1.46. The van der Waals surface area contributed by atoms with E-state index in [1.807, 2.05) is 43.3 Å². The molecule has 37 heavy (non-hydrogen) atoms. The fourth-order valence-electron chi connectivity index (χ4n) is 4.11. The Morgan fingerprint density at radius 2 is 1.86 bits per heavy atom. The number of anilines is 2. The fraction of sp³-hybridized carbons (Fsp3) is 0.115. The van der Waals surface area contributed by atoms with E-state index in [1.54, 1.807) is 42.5 Å². The van der Waals surface area contributed by atoms with Crippen LogP contribution in [0.4, 0.5) is 11.4 Å². The number of carbonyl (C=O) groups excluding carboxylic acids is 1. The van der Waals surface area contributed by atoms with Crippen LogP contribution in [0.15, 0.2) is 82.8 Å². The number of halogens is 1. The van der Waals surface area contributed by atoms with Gasteiger partial charge in [0.2, 0.25) is 0 Å². The molecule has 0 radical (unpaired) electrons. The van der Waals surface area contributed by atoms with Crippen LogP contribution in [-0.4, -0.2) is 51.4 Å². The van der Waals surface area contributed by atoms with Gasteiger partial charge in [0, 0.05) is 35.9 Å². The summed E-state index contributed by atoms with van der Waals surface area (Å²) < 4.78 is 28.4. The van der Waals surface area contributed by atoms with Gasteiger partial charge in [-0.15, -0.1) is 0 Å². The first-order valence-corrected chi connectivity index (χ1v) is 13.1. The van der Waals surface area contributed by atoms with Gasteiger partial charge in [-0.1, -0.05) is 54.1 Å². The number of aromatic amines is 1. The standard InChI is InChI=1S/C26H23ClN6O3S/c1-32(2)20-12-10-17(11-13-20)15-28-29-23(34)16-33-26-24(18-6-5-7-19(27)14-18)30-31-25(26)21-8-3-4-9-22(21)37(33,35)36/h3-15H,16H2,1-2H3,(H,29,34)(H,30,31)/b28-15+. The molecule has 3 aromatic carbocycles. The fourth-order valence-corrected chi connectivity index (χ4v) is 5.94. The number of amides is 1. The minimum atomic E-state index is -4.07. The van der Waals surface area contributed by atoms with Gasteiger partial charge >= 0.3 is 0 Å². The number of benzene rings is 3. The Kier molecular flexibility index (Phi) is 6.45. The average molecular weight is 535 g/mol. The smallest absolute Gasteiger partial charge is 0.265 e. The van der Waals surface area contributed by atoms with Crippen molar-refractivity contribution in [2.75, 3.05) is 29.8 Å². The third-order valence-corrected chi connectivity index (χ3v) is 7.95. The molecule has 0 saturated heterocycles. The predicted molar refractivity (Wildman–Crippen MR) is 146 cm³/mol. The SMILES string of the molecule is CN(C)c1ccc(/C=N/NC(=O)CN2c3c(-c4cccc(Cl)c4)n[nH]c3-c3ccccc3S2(=O)=O)cc1. The number of H-pyrrole nitrogens is 1. The molecule has 0 spiro atoms. The molecule has 188 valence electrons. The Bertz CT molecular complexity index is 1610. The van der Waals surface area contributed by atoms with Gasteiger partial charge in [-0.2, -0.15) is 10.2 Å². The molecule has 1 aromatic heterocycles. The van der Waals surface area contributed by atoms with Gasteiger partial charge in [0.1, 0.15) is 17.9 Å². The van der Waals surface area contributed by atoms with Crippen molar-refractivity contribution >= 4 is 45.1 Å². The zero-order chi connectivity index (χ0) is 26.2. The first-order valence-electron chi connectivity index (χ1n) is 11.3. The first-order chi connectivity index (χ1) is 17.8. The summed E-state index contributed by atoms with van der Waals surface area (Å²) in [7, 11) is -0.181. The number of hydrogen-bond acceptors (Lipinski definition) is 6. The van der Waals surface area contributed by atoms with Gasteiger partial charge in [0.05, 0.1) is 16.8 Å². The van der Waals surface area contributed by atoms with Crippen LogP contribution in [0.5, 0.6) is 0 Å². The second-order valence-corrected chi connectivity index (χ2v) is 10.9. The van der Waals surface area contributed by atoms with Crippen LogP contribution in [-0.2, 0) is 14.8 Å². The highest BCUT2D eigenvalue weighted by molar-refractivity contribution is 7.93. The molecule has 9 nitrogen and oxygen atoms in total. The summed E-state index contributed by atoms with van der Waals surface area (Å²) >= 11 is 6.18. The van der Waals surface area contributed by atoms with E-state index in [-0.39, 0.29) is 10.6 Å². The van der Waals surface area contributed by atoms with Crippen LogP contribution in [0.25, 0.3) is 22.5 Å². The maximum absolute atomic E-state index is 13.7. The summed E-state index contributed by atoms with van der Waals surface area (Å²) in [6.07, 6.45) is 1.50. The maximum atomic E-state index is 13.7. The number of hydrogen-bond donors (Lipinski definition) is 2. The molecule has 0 atom stereocenters. The largest absolute Gasteiger partial charge is 0.378 e. The van der Waals surface area contributed by atoms with E-state index in [9.17, 15) is 13.2 Å². The molecule has 5 rings (SSSR count).